The van der Waals surface area contributed by atoms with E-state index < -0.39 is 0 Å². The summed E-state index contributed by atoms with van der Waals surface area (Å²) >= 11 is 1.50. The molecule has 0 N–H and O–H groups in total. The van der Waals surface area contributed by atoms with Gasteiger partial charge in [0.05, 0.1) is 10.9 Å². The number of para-hydroxylation sites is 1. The SMILES string of the molecule is Cc1cccc(C)c1-n1nnnc1S[C@@H]1CCCCC1=O. The molecule has 1 aliphatic carbocycles. The van der Waals surface area contributed by atoms with Crippen molar-refractivity contribution < 1.29 is 4.79 Å². The third-order valence-electron chi connectivity index (χ3n) is 3.84. The first-order chi connectivity index (χ1) is 10.2. The molecule has 3 rings (SSSR count). The zero-order valence-corrected chi connectivity index (χ0v) is 13.1. The molecule has 1 aromatic heterocycles. The Morgan fingerprint density at radius 3 is 2.71 bits per heavy atom. The fourth-order valence-electron chi connectivity index (χ4n) is 2.74. The summed E-state index contributed by atoms with van der Waals surface area (Å²) in [4.78, 5) is 12.0. The van der Waals surface area contributed by atoms with Crippen LogP contribution in [0.3, 0.4) is 0 Å². The Balaban J connectivity index is 1.92. The van der Waals surface area contributed by atoms with Gasteiger partial charge in [-0.1, -0.05) is 36.4 Å². The minimum atomic E-state index is -0.00664. The summed E-state index contributed by atoms with van der Waals surface area (Å²) in [7, 11) is 0. The van der Waals surface area contributed by atoms with Crippen LogP contribution in [-0.4, -0.2) is 31.2 Å². The second-order valence-electron chi connectivity index (χ2n) is 5.43. The standard InChI is InChI=1S/C15H18N4OS/c1-10-6-5-7-11(2)14(10)19-15(16-17-18-19)21-13-9-4-3-8-12(13)20/h5-7,13H,3-4,8-9H2,1-2H3/t13-/m1/s1. The molecule has 0 unspecified atom stereocenters. The molecular weight excluding hydrogens is 284 g/mol. The largest absolute Gasteiger partial charge is 0.298 e. The number of carbonyl (C=O) groups excluding carboxylic acids is 1. The summed E-state index contributed by atoms with van der Waals surface area (Å²) in [5.74, 6) is 0.322. The second kappa shape index (κ2) is 5.97. The lowest BCUT2D eigenvalue weighted by Crippen LogP contribution is -2.22. The summed E-state index contributed by atoms with van der Waals surface area (Å²) in [5, 5.41) is 12.7. The summed E-state index contributed by atoms with van der Waals surface area (Å²) in [5.41, 5.74) is 3.26. The normalized spacial score (nSPS) is 19.0. The Kier molecular flexibility index (Phi) is 4.05. The topological polar surface area (TPSA) is 60.7 Å². The quantitative estimate of drug-likeness (QED) is 0.872. The summed E-state index contributed by atoms with van der Waals surface area (Å²) < 4.78 is 1.76. The van der Waals surface area contributed by atoms with Gasteiger partial charge in [0.25, 0.3) is 0 Å². The van der Waals surface area contributed by atoms with Gasteiger partial charge in [0.1, 0.15) is 5.78 Å². The Morgan fingerprint density at radius 2 is 2.00 bits per heavy atom. The Morgan fingerprint density at radius 1 is 1.24 bits per heavy atom. The lowest BCUT2D eigenvalue weighted by molar-refractivity contribution is -0.119. The van der Waals surface area contributed by atoms with Crippen molar-refractivity contribution in [1.29, 1.82) is 0 Å². The van der Waals surface area contributed by atoms with Gasteiger partial charge in [-0.05, 0) is 48.2 Å². The summed E-state index contributed by atoms with van der Waals surface area (Å²) in [6.07, 6.45) is 3.72. The van der Waals surface area contributed by atoms with Crippen LogP contribution in [0.5, 0.6) is 0 Å². The van der Waals surface area contributed by atoms with Crippen LogP contribution in [0.2, 0.25) is 0 Å². The molecule has 5 nitrogen and oxygen atoms in total. The summed E-state index contributed by atoms with van der Waals surface area (Å²) in [6, 6.07) is 6.12. The third kappa shape index (κ3) is 2.85. The monoisotopic (exact) mass is 302 g/mol. The fraction of sp³-hybridized carbons (Fsp3) is 0.467. The van der Waals surface area contributed by atoms with Crippen LogP contribution < -0.4 is 0 Å². The molecule has 1 fully saturated rings. The number of rotatable bonds is 3. The van der Waals surface area contributed by atoms with Crippen LogP contribution in [0.1, 0.15) is 36.8 Å². The van der Waals surface area contributed by atoms with Crippen molar-refractivity contribution in [3.63, 3.8) is 0 Å². The number of benzene rings is 1. The number of aryl methyl sites for hydroxylation is 2. The highest BCUT2D eigenvalue weighted by Gasteiger charge is 2.26. The van der Waals surface area contributed by atoms with E-state index in [1.54, 1.807) is 4.68 Å². The highest BCUT2D eigenvalue weighted by molar-refractivity contribution is 8.00. The number of thioether (sulfide) groups is 1. The Hall–Kier alpha value is -1.69. The van der Waals surface area contributed by atoms with E-state index in [0.717, 1.165) is 36.1 Å². The molecule has 110 valence electrons. The van der Waals surface area contributed by atoms with Gasteiger partial charge in [-0.3, -0.25) is 4.79 Å². The van der Waals surface area contributed by atoms with E-state index in [-0.39, 0.29) is 5.25 Å². The van der Waals surface area contributed by atoms with Crippen LogP contribution in [-0.2, 0) is 4.79 Å². The van der Waals surface area contributed by atoms with Crippen molar-refractivity contribution in [3.05, 3.63) is 29.3 Å². The molecule has 2 aromatic rings. The average Bonchev–Trinajstić information content (AvgIpc) is 2.89. The number of nitrogens with zero attached hydrogens (tertiary/aromatic N) is 4. The molecule has 1 aromatic carbocycles. The zero-order chi connectivity index (χ0) is 14.8. The molecule has 0 radical (unpaired) electrons. The highest BCUT2D eigenvalue weighted by atomic mass is 32.2. The van der Waals surface area contributed by atoms with Gasteiger partial charge in [0.2, 0.25) is 5.16 Å². The van der Waals surface area contributed by atoms with Gasteiger partial charge in [-0.15, -0.1) is 5.10 Å². The van der Waals surface area contributed by atoms with Crippen molar-refractivity contribution in [2.75, 3.05) is 0 Å². The second-order valence-corrected chi connectivity index (χ2v) is 6.60. The van der Waals surface area contributed by atoms with E-state index in [9.17, 15) is 4.79 Å². The van der Waals surface area contributed by atoms with Crippen molar-refractivity contribution in [3.8, 4) is 5.69 Å². The maximum Gasteiger partial charge on any atom is 0.214 e. The molecule has 1 saturated carbocycles. The number of hydrogen-bond acceptors (Lipinski definition) is 5. The summed E-state index contributed by atoms with van der Waals surface area (Å²) in [6.45, 7) is 4.09. The van der Waals surface area contributed by atoms with Crippen LogP contribution in [0.4, 0.5) is 0 Å². The van der Waals surface area contributed by atoms with E-state index in [1.807, 2.05) is 32.0 Å². The molecule has 0 bridgehead atoms. The fourth-order valence-corrected chi connectivity index (χ4v) is 3.83. The molecular formula is C15H18N4OS. The number of carbonyl (C=O) groups is 1. The number of tetrazole rings is 1. The Bertz CT molecular complexity index is 647. The van der Waals surface area contributed by atoms with Gasteiger partial charge < -0.3 is 0 Å². The number of hydrogen-bond donors (Lipinski definition) is 0. The van der Waals surface area contributed by atoms with Crippen molar-refractivity contribution in [1.82, 2.24) is 20.2 Å². The average molecular weight is 302 g/mol. The van der Waals surface area contributed by atoms with E-state index in [0.29, 0.717) is 17.4 Å². The van der Waals surface area contributed by atoms with Gasteiger partial charge in [0.15, 0.2) is 0 Å². The number of ketones is 1. The van der Waals surface area contributed by atoms with Crippen LogP contribution in [0, 0.1) is 13.8 Å². The van der Waals surface area contributed by atoms with E-state index in [4.69, 9.17) is 0 Å². The maximum absolute atomic E-state index is 12.0. The highest BCUT2D eigenvalue weighted by Crippen LogP contribution is 2.32. The van der Waals surface area contributed by atoms with Gasteiger partial charge in [0, 0.05) is 6.42 Å². The first kappa shape index (κ1) is 14.3. The predicted octanol–water partition coefficient (Wildman–Crippen LogP) is 2.88. The van der Waals surface area contributed by atoms with Crippen molar-refractivity contribution in [2.45, 2.75) is 49.9 Å². The molecule has 1 heterocycles. The molecule has 0 saturated heterocycles. The maximum atomic E-state index is 12.0. The van der Waals surface area contributed by atoms with Crippen LogP contribution >= 0.6 is 11.8 Å². The first-order valence-electron chi connectivity index (χ1n) is 7.21. The van der Waals surface area contributed by atoms with Gasteiger partial charge >= 0.3 is 0 Å². The van der Waals surface area contributed by atoms with Crippen molar-refractivity contribution >= 4 is 17.5 Å². The molecule has 1 aliphatic rings. The molecule has 0 aliphatic heterocycles. The van der Waals surface area contributed by atoms with Crippen LogP contribution in [0.25, 0.3) is 5.69 Å². The van der Waals surface area contributed by atoms with E-state index in [1.165, 1.54) is 11.8 Å². The predicted molar refractivity (Wildman–Crippen MR) is 81.7 cm³/mol. The smallest absolute Gasteiger partial charge is 0.214 e. The third-order valence-corrected chi connectivity index (χ3v) is 5.09. The zero-order valence-electron chi connectivity index (χ0n) is 12.2. The van der Waals surface area contributed by atoms with E-state index >= 15 is 0 Å². The molecule has 1 atom stereocenters. The first-order valence-corrected chi connectivity index (χ1v) is 8.09. The molecule has 0 spiro atoms. The molecule has 6 heteroatoms. The van der Waals surface area contributed by atoms with E-state index in [2.05, 4.69) is 15.5 Å². The number of Topliss-reactive ketones (excluding diaryl/α,β-unsaturated/α-hetero) is 1. The van der Waals surface area contributed by atoms with Gasteiger partial charge in [-0.2, -0.15) is 4.68 Å². The minimum absolute atomic E-state index is 0.00664. The Labute approximate surface area is 128 Å². The molecule has 21 heavy (non-hydrogen) atoms. The van der Waals surface area contributed by atoms with Crippen molar-refractivity contribution in [2.24, 2.45) is 0 Å². The minimum Gasteiger partial charge on any atom is -0.298 e. The molecule has 0 amide bonds. The number of aromatic nitrogens is 4. The lowest BCUT2D eigenvalue weighted by Gasteiger charge is -2.19. The van der Waals surface area contributed by atoms with Gasteiger partial charge in [-0.25, -0.2) is 0 Å². The lowest BCUT2D eigenvalue weighted by atomic mass is 9.99. The van der Waals surface area contributed by atoms with Crippen LogP contribution in [0.15, 0.2) is 23.4 Å².